The molecule has 7 heteroatoms. The Morgan fingerprint density at radius 1 is 1.27 bits per heavy atom. The number of hydrogen-bond donors (Lipinski definition) is 2. The van der Waals surface area contributed by atoms with Crippen LogP contribution < -0.4 is 9.47 Å². The van der Waals surface area contributed by atoms with Crippen molar-refractivity contribution in [2.24, 2.45) is 11.8 Å². The molecule has 30 heavy (non-hydrogen) atoms. The Balaban J connectivity index is 1.79. The third-order valence-corrected chi connectivity index (χ3v) is 7.81. The van der Waals surface area contributed by atoms with Crippen molar-refractivity contribution in [3.8, 4) is 11.5 Å². The first-order valence-corrected chi connectivity index (χ1v) is 10.8. The Bertz CT molecular complexity index is 1000. The molecule has 3 aliphatic heterocycles. The molecule has 0 radical (unpaired) electrons. The fourth-order valence-electron chi connectivity index (χ4n) is 6.61. The first-order chi connectivity index (χ1) is 14.5. The number of aromatic nitrogens is 1. The lowest BCUT2D eigenvalue weighted by Gasteiger charge is -2.59. The number of carbonyl (C=O) groups is 1. The summed E-state index contributed by atoms with van der Waals surface area (Å²) >= 11 is 0. The van der Waals surface area contributed by atoms with Crippen LogP contribution in [0.15, 0.2) is 12.1 Å². The van der Waals surface area contributed by atoms with Crippen molar-refractivity contribution in [3.05, 3.63) is 23.4 Å². The predicted molar refractivity (Wildman–Crippen MR) is 112 cm³/mol. The van der Waals surface area contributed by atoms with Crippen LogP contribution in [0, 0.1) is 11.8 Å². The molecule has 162 valence electrons. The van der Waals surface area contributed by atoms with Gasteiger partial charge in [0.2, 0.25) is 0 Å². The maximum Gasteiger partial charge on any atom is 0.319 e. The van der Waals surface area contributed by atoms with Crippen LogP contribution in [-0.4, -0.2) is 61.1 Å². The maximum absolute atomic E-state index is 13.5. The third kappa shape index (κ3) is 2.36. The summed E-state index contributed by atoms with van der Waals surface area (Å²) in [5, 5.41) is 12.1. The number of esters is 1. The Labute approximate surface area is 176 Å². The summed E-state index contributed by atoms with van der Waals surface area (Å²) in [5.41, 5.74) is 2.20. The van der Waals surface area contributed by atoms with Crippen molar-refractivity contribution in [2.45, 2.75) is 50.3 Å². The van der Waals surface area contributed by atoms with Gasteiger partial charge in [-0.05, 0) is 36.8 Å². The van der Waals surface area contributed by atoms with Gasteiger partial charge in [-0.15, -0.1) is 0 Å². The summed E-state index contributed by atoms with van der Waals surface area (Å²) in [6, 6.07) is 3.86. The molecule has 1 saturated carbocycles. The smallest absolute Gasteiger partial charge is 0.319 e. The van der Waals surface area contributed by atoms with Gasteiger partial charge in [0.25, 0.3) is 0 Å². The quantitative estimate of drug-likeness (QED) is 0.749. The van der Waals surface area contributed by atoms with Crippen LogP contribution in [0.1, 0.15) is 37.4 Å². The molecule has 6 atom stereocenters. The monoisotopic (exact) mass is 414 g/mol. The van der Waals surface area contributed by atoms with Gasteiger partial charge in [0, 0.05) is 41.2 Å². The lowest BCUT2D eigenvalue weighted by Crippen LogP contribution is -2.70. The summed E-state index contributed by atoms with van der Waals surface area (Å²) < 4.78 is 16.5. The zero-order chi connectivity index (χ0) is 21.2. The number of aromatic amines is 1. The number of aliphatic hydroxyl groups excluding tert-OH is 1. The number of benzene rings is 1. The molecule has 6 rings (SSSR count). The van der Waals surface area contributed by atoms with E-state index < -0.39 is 11.6 Å². The number of methoxy groups -OCH3 is 3. The van der Waals surface area contributed by atoms with Crippen molar-refractivity contribution in [3.63, 3.8) is 0 Å². The van der Waals surface area contributed by atoms with Crippen LogP contribution in [0.25, 0.3) is 10.9 Å². The lowest BCUT2D eigenvalue weighted by atomic mass is 9.56. The number of ether oxygens (including phenoxy) is 3. The largest absolute Gasteiger partial charge is 0.493 e. The van der Waals surface area contributed by atoms with Crippen LogP contribution >= 0.6 is 0 Å². The molecule has 2 saturated heterocycles. The molecule has 0 amide bonds. The highest BCUT2D eigenvalue weighted by molar-refractivity contribution is 5.93. The van der Waals surface area contributed by atoms with Crippen molar-refractivity contribution in [1.82, 2.24) is 9.88 Å². The summed E-state index contributed by atoms with van der Waals surface area (Å²) in [4.78, 5) is 19.3. The lowest BCUT2D eigenvalue weighted by molar-refractivity contribution is -0.196. The number of carbonyl (C=O) groups excluding carboxylic acids is 1. The molecule has 0 spiro atoms. The average Bonchev–Trinajstić information content (AvgIpc) is 3.08. The first kappa shape index (κ1) is 19.7. The topological polar surface area (TPSA) is 84.0 Å². The molecule has 3 fully saturated rings. The second-order valence-electron chi connectivity index (χ2n) is 8.91. The molecule has 1 aliphatic carbocycles. The van der Waals surface area contributed by atoms with E-state index in [0.717, 1.165) is 41.4 Å². The minimum atomic E-state index is -0.803. The average molecular weight is 415 g/mol. The summed E-state index contributed by atoms with van der Waals surface area (Å²) in [7, 11) is 4.73. The van der Waals surface area contributed by atoms with Gasteiger partial charge in [-0.2, -0.15) is 0 Å². The SMILES string of the molecule is CC[C@H]1C[C@@H]2C[C@@]3(C(=O)OC)c4[nH]c5cc(OC)c(OC)cc5c4CCN([C@@H]2O)[C@@H]13. The van der Waals surface area contributed by atoms with Crippen LogP contribution in [0.5, 0.6) is 11.5 Å². The second-order valence-corrected chi connectivity index (χ2v) is 8.91. The molecule has 4 bridgehead atoms. The van der Waals surface area contributed by atoms with Gasteiger partial charge in [0.1, 0.15) is 11.6 Å². The van der Waals surface area contributed by atoms with E-state index in [1.54, 1.807) is 14.2 Å². The fraction of sp³-hybridized carbons (Fsp3) is 0.609. The number of nitrogens with one attached hydrogen (secondary N) is 1. The highest BCUT2D eigenvalue weighted by Gasteiger charge is 2.65. The van der Waals surface area contributed by atoms with E-state index in [9.17, 15) is 9.90 Å². The van der Waals surface area contributed by atoms with Crippen LogP contribution in [0.3, 0.4) is 0 Å². The van der Waals surface area contributed by atoms with E-state index in [-0.39, 0.29) is 17.9 Å². The number of hydrogen-bond acceptors (Lipinski definition) is 6. The molecule has 4 heterocycles. The number of fused-ring (bicyclic) bond motifs is 4. The maximum atomic E-state index is 13.5. The summed E-state index contributed by atoms with van der Waals surface area (Å²) in [6.07, 6.45) is 2.78. The highest BCUT2D eigenvalue weighted by atomic mass is 16.5. The van der Waals surface area contributed by atoms with Crippen LogP contribution in [-0.2, 0) is 21.4 Å². The van der Waals surface area contributed by atoms with Crippen molar-refractivity contribution in [1.29, 1.82) is 0 Å². The Hall–Kier alpha value is -2.25. The molecular formula is C23H30N2O5. The van der Waals surface area contributed by atoms with E-state index in [2.05, 4.69) is 16.8 Å². The standard InChI is InChI=1S/C23H30N2O5/c1-5-12-8-13-11-23(22(27)30-4)19-14(6-7-25(20(12)23)21(13)26)15-9-17(28-2)18(29-3)10-16(15)24-19/h9-10,12-13,20-21,24,26H,5-8,11H2,1-4H3/t12-,13+,20-,21+,23+/m0/s1. The van der Waals surface area contributed by atoms with Gasteiger partial charge in [0.05, 0.1) is 21.3 Å². The van der Waals surface area contributed by atoms with Crippen molar-refractivity contribution in [2.75, 3.05) is 27.9 Å². The van der Waals surface area contributed by atoms with Gasteiger partial charge >= 0.3 is 5.97 Å². The van der Waals surface area contributed by atoms with Gasteiger partial charge in [-0.3, -0.25) is 9.69 Å². The van der Waals surface area contributed by atoms with Gasteiger partial charge in [-0.25, -0.2) is 0 Å². The van der Waals surface area contributed by atoms with Gasteiger partial charge in [0.15, 0.2) is 11.5 Å². The molecule has 1 aromatic carbocycles. The van der Waals surface area contributed by atoms with Crippen molar-refractivity contribution < 1.29 is 24.1 Å². The normalized spacial score (nSPS) is 34.4. The number of H-pyrrole nitrogens is 1. The molecule has 1 unspecified atom stereocenters. The zero-order valence-electron chi connectivity index (χ0n) is 18.0. The van der Waals surface area contributed by atoms with E-state index >= 15 is 0 Å². The van der Waals surface area contributed by atoms with E-state index in [0.29, 0.717) is 30.4 Å². The zero-order valence-corrected chi connectivity index (χ0v) is 18.0. The number of aliphatic hydroxyl groups is 1. The van der Waals surface area contributed by atoms with Gasteiger partial charge in [-0.1, -0.05) is 13.3 Å². The van der Waals surface area contributed by atoms with Gasteiger partial charge < -0.3 is 24.3 Å². The summed E-state index contributed by atoms with van der Waals surface area (Å²) in [5.74, 6) is 1.51. The number of rotatable bonds is 4. The molecule has 1 aromatic heterocycles. The summed E-state index contributed by atoms with van der Waals surface area (Å²) in [6.45, 7) is 2.89. The molecule has 7 nitrogen and oxygen atoms in total. The van der Waals surface area contributed by atoms with Crippen LogP contribution in [0.4, 0.5) is 0 Å². The highest BCUT2D eigenvalue weighted by Crippen LogP contribution is 2.57. The Morgan fingerprint density at radius 2 is 2.00 bits per heavy atom. The number of piperidine rings is 2. The minimum absolute atomic E-state index is 0.0560. The molecular weight excluding hydrogens is 384 g/mol. The van der Waals surface area contributed by atoms with Crippen LogP contribution in [0.2, 0.25) is 0 Å². The van der Waals surface area contributed by atoms with E-state index in [4.69, 9.17) is 14.2 Å². The molecule has 4 aliphatic rings. The Kier molecular flexibility index (Phi) is 4.52. The van der Waals surface area contributed by atoms with E-state index in [1.807, 2.05) is 12.1 Å². The Morgan fingerprint density at radius 3 is 2.67 bits per heavy atom. The second kappa shape index (κ2) is 6.89. The number of nitrogens with zero attached hydrogens (tertiary/aromatic N) is 1. The first-order valence-electron chi connectivity index (χ1n) is 10.8. The fourth-order valence-corrected chi connectivity index (χ4v) is 6.61. The van der Waals surface area contributed by atoms with Crippen molar-refractivity contribution >= 4 is 16.9 Å². The third-order valence-electron chi connectivity index (χ3n) is 7.81. The molecule has 2 N–H and O–H groups in total. The minimum Gasteiger partial charge on any atom is -0.493 e. The van der Waals surface area contributed by atoms with E-state index in [1.165, 1.54) is 7.11 Å². The molecule has 2 aromatic rings. The predicted octanol–water partition coefficient (Wildman–Crippen LogP) is 2.59.